The Kier molecular flexibility index (Phi) is 4.88. The second-order valence-corrected chi connectivity index (χ2v) is 5.24. The number of hydrogen-bond donors (Lipinski definition) is 0. The van der Waals surface area contributed by atoms with Crippen LogP contribution in [0.25, 0.3) is 6.08 Å². The number of amides is 1. The molecule has 0 N–H and O–H groups in total. The Labute approximate surface area is 125 Å². The predicted molar refractivity (Wildman–Crippen MR) is 85.7 cm³/mol. The lowest BCUT2D eigenvalue weighted by Gasteiger charge is -2.17. The zero-order valence-corrected chi connectivity index (χ0v) is 12.7. The fraction of sp³-hybridized carbons (Fsp3) is 0.222. The summed E-state index contributed by atoms with van der Waals surface area (Å²) in [4.78, 5) is 17.8. The summed E-state index contributed by atoms with van der Waals surface area (Å²) in [7, 11) is 1.82. The minimum absolute atomic E-state index is 0.00760. The first-order valence-corrected chi connectivity index (χ1v) is 6.95. The molecule has 1 aromatic carbocycles. The normalized spacial score (nSPS) is 10.8. The van der Waals surface area contributed by atoms with Gasteiger partial charge >= 0.3 is 0 Å². The fourth-order valence-corrected chi connectivity index (χ4v) is 2.13. The number of pyridine rings is 1. The minimum atomic E-state index is -0.00760. The Morgan fingerprint density at radius 2 is 1.90 bits per heavy atom. The van der Waals surface area contributed by atoms with Crippen molar-refractivity contribution in [3.05, 3.63) is 71.1 Å². The molecule has 1 heterocycles. The van der Waals surface area contributed by atoms with E-state index >= 15 is 0 Å². The lowest BCUT2D eigenvalue weighted by molar-refractivity contribution is -0.125. The lowest BCUT2D eigenvalue weighted by Crippen LogP contribution is -2.24. The lowest BCUT2D eigenvalue weighted by atomic mass is 10.1. The van der Waals surface area contributed by atoms with Crippen LogP contribution >= 0.6 is 0 Å². The van der Waals surface area contributed by atoms with Gasteiger partial charge in [0.2, 0.25) is 5.91 Å². The smallest absolute Gasteiger partial charge is 0.246 e. The maximum absolute atomic E-state index is 12.1. The van der Waals surface area contributed by atoms with Crippen molar-refractivity contribution in [3.63, 3.8) is 0 Å². The van der Waals surface area contributed by atoms with Gasteiger partial charge in [0.1, 0.15) is 0 Å². The summed E-state index contributed by atoms with van der Waals surface area (Å²) in [5, 5.41) is 0. The highest BCUT2D eigenvalue weighted by molar-refractivity contribution is 5.91. The third-order valence-corrected chi connectivity index (χ3v) is 3.41. The Bertz CT molecular complexity index is 648. The molecular weight excluding hydrogens is 260 g/mol. The van der Waals surface area contributed by atoms with E-state index in [9.17, 15) is 4.79 Å². The van der Waals surface area contributed by atoms with Crippen molar-refractivity contribution in [1.29, 1.82) is 0 Å². The summed E-state index contributed by atoms with van der Waals surface area (Å²) in [6, 6.07) is 10.0. The second-order valence-electron chi connectivity index (χ2n) is 5.24. The van der Waals surface area contributed by atoms with Crippen molar-refractivity contribution in [2.24, 2.45) is 0 Å². The van der Waals surface area contributed by atoms with Crippen molar-refractivity contribution < 1.29 is 4.79 Å². The largest absolute Gasteiger partial charge is 0.338 e. The molecule has 108 valence electrons. The molecule has 0 spiro atoms. The molecular formula is C18H20N2O. The Morgan fingerprint density at radius 1 is 1.19 bits per heavy atom. The zero-order valence-electron chi connectivity index (χ0n) is 12.7. The van der Waals surface area contributed by atoms with Crippen molar-refractivity contribution in [1.82, 2.24) is 9.88 Å². The van der Waals surface area contributed by atoms with Crippen LogP contribution in [0.3, 0.4) is 0 Å². The molecule has 21 heavy (non-hydrogen) atoms. The molecule has 1 amide bonds. The Balaban J connectivity index is 2.01. The van der Waals surface area contributed by atoms with E-state index in [1.54, 1.807) is 23.4 Å². The number of aryl methyl sites for hydroxylation is 2. The summed E-state index contributed by atoms with van der Waals surface area (Å²) < 4.78 is 0. The van der Waals surface area contributed by atoms with Gasteiger partial charge < -0.3 is 4.90 Å². The van der Waals surface area contributed by atoms with Gasteiger partial charge in [-0.1, -0.05) is 23.8 Å². The van der Waals surface area contributed by atoms with Gasteiger partial charge in [-0.05, 0) is 48.7 Å². The van der Waals surface area contributed by atoms with Gasteiger partial charge in [0.25, 0.3) is 0 Å². The Hall–Kier alpha value is -2.42. The fourth-order valence-electron chi connectivity index (χ4n) is 2.13. The number of nitrogens with zero attached hydrogens (tertiary/aromatic N) is 2. The maximum Gasteiger partial charge on any atom is 0.246 e. The van der Waals surface area contributed by atoms with Crippen LogP contribution in [0, 0.1) is 13.8 Å². The van der Waals surface area contributed by atoms with Gasteiger partial charge in [-0.25, -0.2) is 0 Å². The highest BCUT2D eigenvalue weighted by Crippen LogP contribution is 2.13. The quantitative estimate of drug-likeness (QED) is 0.804. The summed E-state index contributed by atoms with van der Waals surface area (Å²) in [5.74, 6) is -0.00760. The van der Waals surface area contributed by atoms with E-state index in [1.807, 2.05) is 25.3 Å². The number of carbonyl (C=O) groups is 1. The average molecular weight is 280 g/mol. The van der Waals surface area contributed by atoms with Crippen LogP contribution in [0.1, 0.15) is 22.3 Å². The number of likely N-dealkylation sites (N-methyl/N-ethyl adjacent to an activating group) is 1. The highest BCUT2D eigenvalue weighted by atomic mass is 16.2. The summed E-state index contributed by atoms with van der Waals surface area (Å²) in [6.45, 7) is 4.77. The van der Waals surface area contributed by atoms with Crippen molar-refractivity contribution in [2.75, 3.05) is 7.05 Å². The van der Waals surface area contributed by atoms with Crippen LogP contribution in [0.5, 0.6) is 0 Å². The van der Waals surface area contributed by atoms with E-state index in [4.69, 9.17) is 0 Å². The summed E-state index contributed by atoms with van der Waals surface area (Å²) >= 11 is 0. The first-order chi connectivity index (χ1) is 10.1. The molecule has 2 aromatic rings. The SMILES string of the molecule is Cc1ccc(CN(C)C(=O)C=Cc2ccncc2)c(C)c1. The van der Waals surface area contributed by atoms with E-state index in [-0.39, 0.29) is 5.91 Å². The van der Waals surface area contributed by atoms with Crippen LogP contribution in [0.2, 0.25) is 0 Å². The van der Waals surface area contributed by atoms with Gasteiger partial charge in [0, 0.05) is 32.1 Å². The van der Waals surface area contributed by atoms with Crippen LogP contribution in [-0.2, 0) is 11.3 Å². The van der Waals surface area contributed by atoms with E-state index in [0.29, 0.717) is 6.54 Å². The maximum atomic E-state index is 12.1. The predicted octanol–water partition coefficient (Wildman–Crippen LogP) is 3.37. The summed E-state index contributed by atoms with van der Waals surface area (Å²) in [6.07, 6.45) is 6.83. The van der Waals surface area contributed by atoms with Crippen LogP contribution < -0.4 is 0 Å². The molecule has 0 aliphatic rings. The van der Waals surface area contributed by atoms with E-state index in [2.05, 4.69) is 37.0 Å². The van der Waals surface area contributed by atoms with Gasteiger partial charge in [0.15, 0.2) is 0 Å². The number of hydrogen-bond acceptors (Lipinski definition) is 2. The first-order valence-electron chi connectivity index (χ1n) is 6.95. The second kappa shape index (κ2) is 6.84. The number of benzene rings is 1. The molecule has 3 heteroatoms. The number of rotatable bonds is 4. The van der Waals surface area contributed by atoms with Crippen molar-refractivity contribution >= 4 is 12.0 Å². The monoisotopic (exact) mass is 280 g/mol. The topological polar surface area (TPSA) is 33.2 Å². The number of aromatic nitrogens is 1. The molecule has 0 saturated carbocycles. The third-order valence-electron chi connectivity index (χ3n) is 3.41. The number of carbonyl (C=O) groups excluding carboxylic acids is 1. The molecule has 2 rings (SSSR count). The van der Waals surface area contributed by atoms with Gasteiger partial charge in [-0.2, -0.15) is 0 Å². The molecule has 0 atom stereocenters. The highest BCUT2D eigenvalue weighted by Gasteiger charge is 2.07. The van der Waals surface area contributed by atoms with Crippen LogP contribution in [0.15, 0.2) is 48.8 Å². The van der Waals surface area contributed by atoms with Crippen molar-refractivity contribution in [2.45, 2.75) is 20.4 Å². The Morgan fingerprint density at radius 3 is 2.57 bits per heavy atom. The van der Waals surface area contributed by atoms with E-state index in [0.717, 1.165) is 5.56 Å². The molecule has 1 aromatic heterocycles. The van der Waals surface area contributed by atoms with Gasteiger partial charge in [-0.3, -0.25) is 9.78 Å². The van der Waals surface area contributed by atoms with Gasteiger partial charge in [0.05, 0.1) is 0 Å². The molecule has 0 saturated heterocycles. The molecule has 0 fully saturated rings. The van der Waals surface area contributed by atoms with Gasteiger partial charge in [-0.15, -0.1) is 0 Å². The molecule has 0 bridgehead atoms. The van der Waals surface area contributed by atoms with Crippen LogP contribution in [0.4, 0.5) is 0 Å². The summed E-state index contributed by atoms with van der Waals surface area (Å²) in [5.41, 5.74) is 4.60. The van der Waals surface area contributed by atoms with Crippen LogP contribution in [-0.4, -0.2) is 22.8 Å². The molecule has 0 radical (unpaired) electrons. The molecule has 0 aliphatic heterocycles. The third kappa shape index (κ3) is 4.28. The van der Waals surface area contributed by atoms with E-state index < -0.39 is 0 Å². The minimum Gasteiger partial charge on any atom is -0.338 e. The first kappa shape index (κ1) is 15.0. The molecule has 3 nitrogen and oxygen atoms in total. The van der Waals surface area contributed by atoms with E-state index in [1.165, 1.54) is 16.7 Å². The molecule has 0 unspecified atom stereocenters. The standard InChI is InChI=1S/C18H20N2O/c1-14-4-6-17(15(2)12-14)13-20(3)18(21)7-5-16-8-10-19-11-9-16/h4-12H,13H2,1-3H3. The zero-order chi connectivity index (χ0) is 15.2. The molecule has 0 aliphatic carbocycles. The average Bonchev–Trinajstić information content (AvgIpc) is 2.48. The van der Waals surface area contributed by atoms with Crippen molar-refractivity contribution in [3.8, 4) is 0 Å².